The van der Waals surface area contributed by atoms with Gasteiger partial charge in [-0.3, -0.25) is 9.35 Å². The van der Waals surface area contributed by atoms with Crippen molar-refractivity contribution in [2.45, 2.75) is 11.8 Å². The number of nitrogens with two attached hydrogens (primary N) is 1. The van der Waals surface area contributed by atoms with Gasteiger partial charge in [-0.25, -0.2) is 9.13 Å². The van der Waals surface area contributed by atoms with E-state index in [4.69, 9.17) is 5.73 Å². The molecule has 0 bridgehead atoms. The largest absolute Gasteiger partial charge is 0.507 e. The first-order valence-electron chi connectivity index (χ1n) is 11.1. The molecule has 0 atom stereocenters. The molecule has 2 heterocycles. The highest BCUT2D eigenvalue weighted by Crippen LogP contribution is 2.29. The van der Waals surface area contributed by atoms with E-state index in [2.05, 4.69) is 5.32 Å². The Bertz CT molecular complexity index is 1460. The van der Waals surface area contributed by atoms with Gasteiger partial charge in [-0.05, 0) is 24.6 Å². The van der Waals surface area contributed by atoms with Crippen molar-refractivity contribution in [3.63, 3.8) is 0 Å². The molecule has 1 aromatic carbocycles. The molecular formula is C26H30N4O5S+2. The second kappa shape index (κ2) is 11.3. The molecule has 0 aliphatic heterocycles. The van der Waals surface area contributed by atoms with E-state index in [0.29, 0.717) is 16.7 Å². The summed E-state index contributed by atoms with van der Waals surface area (Å²) < 4.78 is 36.7. The summed E-state index contributed by atoms with van der Waals surface area (Å²) in [5, 5.41) is 13.7. The molecule has 0 aliphatic carbocycles. The first kappa shape index (κ1) is 26.7. The molecule has 0 aliphatic rings. The topological polar surface area (TPSA) is 137 Å². The lowest BCUT2D eigenvalue weighted by atomic mass is 10.0. The van der Waals surface area contributed by atoms with Gasteiger partial charge < -0.3 is 16.2 Å². The van der Waals surface area contributed by atoms with Gasteiger partial charge in [-0.15, -0.1) is 0 Å². The maximum atomic E-state index is 12.7. The average Bonchev–Trinajstić information content (AvgIpc) is 2.82. The molecule has 2 aromatic heterocycles. The molecule has 0 spiro atoms. The number of aryl methyl sites for hydroxylation is 3. The fraction of sp³-hybridized carbons (Fsp3) is 0.192. The summed E-state index contributed by atoms with van der Waals surface area (Å²) in [4.78, 5) is 12.4. The maximum absolute atomic E-state index is 12.7. The van der Waals surface area contributed by atoms with Crippen LogP contribution >= 0.6 is 0 Å². The van der Waals surface area contributed by atoms with E-state index in [1.165, 1.54) is 35.0 Å². The molecule has 3 aromatic rings. The van der Waals surface area contributed by atoms with Gasteiger partial charge in [0.1, 0.15) is 19.8 Å². The Hall–Kier alpha value is -3.86. The van der Waals surface area contributed by atoms with Crippen molar-refractivity contribution in [1.82, 2.24) is 5.32 Å². The van der Waals surface area contributed by atoms with Crippen LogP contribution in [0.25, 0.3) is 24.3 Å². The number of carbonyl (C=O) groups excluding carboxylic acids is 1. The van der Waals surface area contributed by atoms with E-state index in [9.17, 15) is 22.9 Å². The number of benzene rings is 1. The second-order valence-corrected chi connectivity index (χ2v) is 9.76. The molecule has 0 saturated heterocycles. The molecule has 0 fully saturated rings. The molecular weight excluding hydrogens is 480 g/mol. The number of hydrogen-bond acceptors (Lipinski definition) is 5. The third-order valence-electron chi connectivity index (χ3n) is 5.46. The number of carbonyl (C=O) groups is 1. The monoisotopic (exact) mass is 510 g/mol. The van der Waals surface area contributed by atoms with Crippen LogP contribution in [0.3, 0.4) is 0 Å². The van der Waals surface area contributed by atoms with Gasteiger partial charge >= 0.3 is 10.1 Å². The molecule has 0 radical (unpaired) electrons. The molecule has 9 nitrogen and oxygen atoms in total. The van der Waals surface area contributed by atoms with E-state index in [1.54, 1.807) is 25.4 Å². The zero-order valence-electron chi connectivity index (χ0n) is 20.3. The highest BCUT2D eigenvalue weighted by molar-refractivity contribution is 7.85. The quantitative estimate of drug-likeness (QED) is 0.269. The molecule has 0 unspecified atom stereocenters. The van der Waals surface area contributed by atoms with Crippen LogP contribution in [0.15, 0.2) is 53.9 Å². The highest BCUT2D eigenvalue weighted by Gasteiger charge is 2.18. The van der Waals surface area contributed by atoms with E-state index < -0.39 is 10.1 Å². The number of nitrogens with zero attached hydrogens (tertiary/aromatic N) is 2. The predicted molar refractivity (Wildman–Crippen MR) is 137 cm³/mol. The van der Waals surface area contributed by atoms with Crippen molar-refractivity contribution in [2.75, 3.05) is 13.1 Å². The van der Waals surface area contributed by atoms with Gasteiger partial charge in [0, 0.05) is 53.0 Å². The molecule has 0 saturated carbocycles. The normalized spacial score (nSPS) is 11.9. The minimum absolute atomic E-state index is 0.0908. The lowest BCUT2D eigenvalue weighted by molar-refractivity contribution is -0.673. The lowest BCUT2D eigenvalue weighted by Gasteiger charge is -2.10. The summed E-state index contributed by atoms with van der Waals surface area (Å²) in [5.74, 6) is -0.454. The van der Waals surface area contributed by atoms with Crippen molar-refractivity contribution in [3.05, 3.63) is 82.4 Å². The van der Waals surface area contributed by atoms with Crippen molar-refractivity contribution in [1.29, 1.82) is 0 Å². The minimum Gasteiger partial charge on any atom is -0.507 e. The van der Waals surface area contributed by atoms with Crippen molar-refractivity contribution in [2.24, 2.45) is 19.8 Å². The summed E-state index contributed by atoms with van der Waals surface area (Å²) in [6.07, 6.45) is 13.3. The Kier molecular flexibility index (Phi) is 8.36. The average molecular weight is 511 g/mol. The van der Waals surface area contributed by atoms with Crippen LogP contribution in [-0.2, 0) is 24.2 Å². The number of amides is 1. The van der Waals surface area contributed by atoms with Crippen LogP contribution in [0.2, 0.25) is 0 Å². The first-order valence-corrected chi connectivity index (χ1v) is 12.6. The van der Waals surface area contributed by atoms with Crippen molar-refractivity contribution < 1.29 is 32.0 Å². The maximum Gasteiger partial charge on any atom is 0.301 e. The van der Waals surface area contributed by atoms with Gasteiger partial charge in [0.15, 0.2) is 29.7 Å². The van der Waals surface area contributed by atoms with Crippen LogP contribution in [0.4, 0.5) is 0 Å². The van der Waals surface area contributed by atoms with Crippen LogP contribution in [0.5, 0.6) is 5.75 Å². The van der Waals surface area contributed by atoms with Crippen molar-refractivity contribution in [3.8, 4) is 5.75 Å². The van der Waals surface area contributed by atoms with Gasteiger partial charge in [-0.1, -0.05) is 24.3 Å². The number of phenols is 1. The van der Waals surface area contributed by atoms with E-state index in [1.807, 2.05) is 43.1 Å². The van der Waals surface area contributed by atoms with Crippen LogP contribution in [0.1, 0.15) is 38.2 Å². The highest BCUT2D eigenvalue weighted by atomic mass is 32.2. The smallest absolute Gasteiger partial charge is 0.301 e. The molecule has 3 rings (SSSR count). The molecule has 36 heavy (non-hydrogen) atoms. The Morgan fingerprint density at radius 2 is 1.50 bits per heavy atom. The summed E-state index contributed by atoms with van der Waals surface area (Å²) >= 11 is 0. The Balaban J connectivity index is 2.09. The number of hydrogen-bond donors (Lipinski definition) is 4. The van der Waals surface area contributed by atoms with Crippen molar-refractivity contribution >= 4 is 40.3 Å². The van der Waals surface area contributed by atoms with Crippen LogP contribution < -0.4 is 20.2 Å². The zero-order chi connectivity index (χ0) is 26.5. The Morgan fingerprint density at radius 1 is 0.972 bits per heavy atom. The summed E-state index contributed by atoms with van der Waals surface area (Å²) in [6.45, 7) is 2.53. The number of rotatable bonds is 8. The number of aromatic nitrogens is 2. The molecule has 5 N–H and O–H groups in total. The lowest BCUT2D eigenvalue weighted by Crippen LogP contribution is -2.29. The third-order valence-corrected chi connectivity index (χ3v) is 6.36. The standard InChI is InChI=1S/C26H28N4O5S/c1-18-16-29(2)12-8-19(18)4-6-21-14-23(26(32)28-11-10-27)15-22(25(21)31)7-5-20-9-13-30(3)17-24(20)36(33,34)35/h4-9,12-17H,10-11,27H2,1-3H3,(H-,28,32,33,34,35)/p+2. The number of phenolic OH excluding ortho intramolecular Hbond substituents is 1. The van der Waals surface area contributed by atoms with Crippen LogP contribution in [-0.4, -0.2) is 37.1 Å². The fourth-order valence-corrected chi connectivity index (χ4v) is 4.32. The summed E-state index contributed by atoms with van der Waals surface area (Å²) in [5.41, 5.74) is 8.68. The fourth-order valence-electron chi connectivity index (χ4n) is 3.59. The second-order valence-electron chi connectivity index (χ2n) is 8.37. The minimum atomic E-state index is -4.48. The Labute approximate surface area is 210 Å². The Morgan fingerprint density at radius 3 is 2.06 bits per heavy atom. The van der Waals surface area contributed by atoms with E-state index in [0.717, 1.165) is 11.1 Å². The van der Waals surface area contributed by atoms with Gasteiger partial charge in [0.05, 0.1) is 0 Å². The van der Waals surface area contributed by atoms with E-state index in [-0.39, 0.29) is 35.2 Å². The number of aromatic hydroxyl groups is 1. The molecule has 188 valence electrons. The van der Waals surface area contributed by atoms with E-state index >= 15 is 0 Å². The number of pyridine rings is 2. The SMILES string of the molecule is Cc1c[n+](C)ccc1/C=C/c1cc(C(=O)NCCN)cc(/C=C/c2cc[n+](C)cc2S(=O)(=O)O)c1O. The van der Waals surface area contributed by atoms with Gasteiger partial charge in [-0.2, -0.15) is 8.42 Å². The summed E-state index contributed by atoms with van der Waals surface area (Å²) in [6, 6.07) is 6.53. The molecule has 10 heteroatoms. The first-order chi connectivity index (χ1) is 17.0. The van der Waals surface area contributed by atoms with Gasteiger partial charge in [0.2, 0.25) is 0 Å². The predicted octanol–water partition coefficient (Wildman–Crippen LogP) is 1.63. The molecule has 1 amide bonds. The third kappa shape index (κ3) is 6.63. The zero-order valence-corrected chi connectivity index (χ0v) is 21.2. The number of nitrogens with one attached hydrogen (secondary N) is 1. The summed E-state index contributed by atoms with van der Waals surface area (Å²) in [7, 11) is -0.926. The van der Waals surface area contributed by atoms with Gasteiger partial charge in [0.25, 0.3) is 5.91 Å². The van der Waals surface area contributed by atoms with Crippen LogP contribution in [0, 0.1) is 6.92 Å².